The first-order valence-electron chi connectivity index (χ1n) is 8.75. The monoisotopic (exact) mass is 340 g/mol. The average Bonchev–Trinajstić information content (AvgIpc) is 2.60. The smallest absolute Gasteiger partial charge is 0.255 e. The number of hydrogen-bond donors (Lipinski definition) is 2. The largest absolute Gasteiger partial charge is 0.367 e. The highest BCUT2D eigenvalue weighted by Gasteiger charge is 2.12. The van der Waals surface area contributed by atoms with Crippen LogP contribution in [0.1, 0.15) is 42.3 Å². The standard InChI is InChI=1S/C20H28N4O/c1-5-24(4)14-17-9-6-8-16(12-17)13-22-20(25)18-10-7-11-21-19(18)23-15(2)3/h6-12,15H,5,13-14H2,1-4H3,(H,21,23)(H,22,25). The van der Waals surface area contributed by atoms with E-state index in [1.807, 2.05) is 26.0 Å². The van der Waals surface area contributed by atoms with Crippen molar-refractivity contribution in [3.8, 4) is 0 Å². The number of pyridine rings is 1. The van der Waals surface area contributed by atoms with Crippen LogP contribution in [0.2, 0.25) is 0 Å². The van der Waals surface area contributed by atoms with Crippen molar-refractivity contribution in [2.24, 2.45) is 0 Å². The third-order valence-corrected chi connectivity index (χ3v) is 3.91. The van der Waals surface area contributed by atoms with Gasteiger partial charge in [0.15, 0.2) is 0 Å². The van der Waals surface area contributed by atoms with Crippen LogP contribution in [-0.4, -0.2) is 35.4 Å². The molecule has 0 spiro atoms. The first-order chi connectivity index (χ1) is 12.0. The number of aromatic nitrogens is 1. The Labute approximate surface area is 150 Å². The van der Waals surface area contributed by atoms with Gasteiger partial charge in [0.1, 0.15) is 5.82 Å². The van der Waals surface area contributed by atoms with Crippen molar-refractivity contribution in [1.82, 2.24) is 15.2 Å². The predicted octanol–water partition coefficient (Wildman–Crippen LogP) is 3.28. The number of carbonyl (C=O) groups excluding carboxylic acids is 1. The highest BCUT2D eigenvalue weighted by Crippen LogP contribution is 2.13. The number of benzene rings is 1. The Kier molecular flexibility index (Phi) is 6.95. The summed E-state index contributed by atoms with van der Waals surface area (Å²) in [4.78, 5) is 19.1. The number of amides is 1. The molecule has 1 amide bonds. The second-order valence-corrected chi connectivity index (χ2v) is 6.53. The fourth-order valence-corrected chi connectivity index (χ4v) is 2.52. The molecule has 0 aliphatic heterocycles. The van der Waals surface area contributed by atoms with Crippen molar-refractivity contribution in [3.05, 3.63) is 59.3 Å². The van der Waals surface area contributed by atoms with Crippen LogP contribution in [0.15, 0.2) is 42.6 Å². The molecule has 0 atom stereocenters. The summed E-state index contributed by atoms with van der Waals surface area (Å²) in [5.74, 6) is 0.501. The van der Waals surface area contributed by atoms with Crippen molar-refractivity contribution in [3.63, 3.8) is 0 Å². The Hall–Kier alpha value is -2.40. The van der Waals surface area contributed by atoms with Gasteiger partial charge in [0.2, 0.25) is 0 Å². The maximum atomic E-state index is 12.5. The lowest BCUT2D eigenvalue weighted by Gasteiger charge is -2.15. The van der Waals surface area contributed by atoms with Crippen LogP contribution < -0.4 is 10.6 Å². The van der Waals surface area contributed by atoms with Gasteiger partial charge in [-0.15, -0.1) is 0 Å². The Morgan fingerprint density at radius 2 is 1.96 bits per heavy atom. The van der Waals surface area contributed by atoms with Crippen molar-refractivity contribution < 1.29 is 4.79 Å². The van der Waals surface area contributed by atoms with E-state index in [9.17, 15) is 4.79 Å². The highest BCUT2D eigenvalue weighted by molar-refractivity contribution is 5.98. The maximum Gasteiger partial charge on any atom is 0.255 e. The Bertz CT molecular complexity index is 700. The zero-order chi connectivity index (χ0) is 18.2. The van der Waals surface area contributed by atoms with Crippen molar-refractivity contribution in [2.45, 2.75) is 39.9 Å². The van der Waals surface area contributed by atoms with E-state index in [0.29, 0.717) is 17.9 Å². The van der Waals surface area contributed by atoms with Crippen LogP contribution in [-0.2, 0) is 13.1 Å². The minimum absolute atomic E-state index is 0.118. The molecular weight excluding hydrogens is 312 g/mol. The summed E-state index contributed by atoms with van der Waals surface area (Å²) in [6, 6.07) is 12.1. The van der Waals surface area contributed by atoms with E-state index >= 15 is 0 Å². The molecule has 0 saturated heterocycles. The van der Waals surface area contributed by atoms with Crippen LogP contribution in [0.4, 0.5) is 5.82 Å². The summed E-state index contributed by atoms with van der Waals surface area (Å²) in [6.45, 7) is 8.60. The predicted molar refractivity (Wildman–Crippen MR) is 103 cm³/mol. The summed E-state index contributed by atoms with van der Waals surface area (Å²) in [5.41, 5.74) is 2.91. The van der Waals surface area contributed by atoms with Gasteiger partial charge in [-0.05, 0) is 50.7 Å². The molecule has 0 bridgehead atoms. The molecule has 0 saturated carbocycles. The lowest BCUT2D eigenvalue weighted by molar-refractivity contribution is 0.0951. The van der Waals surface area contributed by atoms with Crippen molar-refractivity contribution in [1.29, 1.82) is 0 Å². The number of anilines is 1. The van der Waals surface area contributed by atoms with E-state index in [2.05, 4.69) is 46.6 Å². The molecule has 1 heterocycles. The van der Waals surface area contributed by atoms with Gasteiger partial charge >= 0.3 is 0 Å². The van der Waals surface area contributed by atoms with Crippen LogP contribution in [0.5, 0.6) is 0 Å². The molecule has 2 rings (SSSR count). The summed E-state index contributed by atoms with van der Waals surface area (Å²) < 4.78 is 0. The second kappa shape index (κ2) is 9.18. The molecule has 5 nitrogen and oxygen atoms in total. The molecule has 1 aromatic carbocycles. The topological polar surface area (TPSA) is 57.3 Å². The van der Waals surface area contributed by atoms with Crippen LogP contribution in [0.3, 0.4) is 0 Å². The number of nitrogens with zero attached hydrogens (tertiary/aromatic N) is 2. The first kappa shape index (κ1) is 18.9. The molecule has 2 aromatic rings. The third-order valence-electron chi connectivity index (χ3n) is 3.91. The van der Waals surface area contributed by atoms with Gasteiger partial charge in [0, 0.05) is 25.3 Å². The molecule has 0 fully saturated rings. The normalized spacial score (nSPS) is 11.0. The molecule has 5 heteroatoms. The number of rotatable bonds is 8. The fraction of sp³-hybridized carbons (Fsp3) is 0.400. The van der Waals surface area contributed by atoms with E-state index in [-0.39, 0.29) is 11.9 Å². The molecule has 0 aliphatic carbocycles. The van der Waals surface area contributed by atoms with Gasteiger partial charge in [-0.25, -0.2) is 4.98 Å². The minimum Gasteiger partial charge on any atom is -0.367 e. The fourth-order valence-electron chi connectivity index (χ4n) is 2.52. The molecule has 0 unspecified atom stereocenters. The molecule has 25 heavy (non-hydrogen) atoms. The van der Waals surface area contributed by atoms with E-state index in [1.54, 1.807) is 18.3 Å². The summed E-state index contributed by atoms with van der Waals surface area (Å²) in [5, 5.41) is 6.20. The number of hydrogen-bond acceptors (Lipinski definition) is 4. The van der Waals surface area contributed by atoms with Gasteiger partial charge in [-0.3, -0.25) is 4.79 Å². The Balaban J connectivity index is 2.02. The van der Waals surface area contributed by atoms with Gasteiger partial charge in [0.05, 0.1) is 5.56 Å². The maximum absolute atomic E-state index is 12.5. The molecular formula is C20H28N4O. The zero-order valence-corrected chi connectivity index (χ0v) is 15.5. The third kappa shape index (κ3) is 5.87. The van der Waals surface area contributed by atoms with E-state index in [4.69, 9.17) is 0 Å². The van der Waals surface area contributed by atoms with Crippen LogP contribution in [0, 0.1) is 0 Å². The van der Waals surface area contributed by atoms with Gasteiger partial charge < -0.3 is 15.5 Å². The number of nitrogens with one attached hydrogen (secondary N) is 2. The Morgan fingerprint density at radius 1 is 1.20 bits per heavy atom. The van der Waals surface area contributed by atoms with E-state index in [1.165, 1.54) is 5.56 Å². The average molecular weight is 340 g/mol. The molecule has 0 aliphatic rings. The zero-order valence-electron chi connectivity index (χ0n) is 15.5. The molecule has 1 aromatic heterocycles. The highest BCUT2D eigenvalue weighted by atomic mass is 16.1. The summed E-state index contributed by atoms with van der Waals surface area (Å²) in [6.07, 6.45) is 1.69. The van der Waals surface area contributed by atoms with Gasteiger partial charge in [-0.2, -0.15) is 0 Å². The van der Waals surface area contributed by atoms with Gasteiger partial charge in [-0.1, -0.05) is 31.2 Å². The number of carbonyl (C=O) groups is 1. The summed E-state index contributed by atoms with van der Waals surface area (Å²) in [7, 11) is 2.10. The molecule has 134 valence electrons. The van der Waals surface area contributed by atoms with Crippen LogP contribution >= 0.6 is 0 Å². The second-order valence-electron chi connectivity index (χ2n) is 6.53. The quantitative estimate of drug-likeness (QED) is 0.774. The summed E-state index contributed by atoms with van der Waals surface area (Å²) >= 11 is 0. The van der Waals surface area contributed by atoms with Crippen molar-refractivity contribution >= 4 is 11.7 Å². The SMILES string of the molecule is CCN(C)Cc1cccc(CNC(=O)c2cccnc2NC(C)C)c1. The molecule has 0 radical (unpaired) electrons. The lowest BCUT2D eigenvalue weighted by Crippen LogP contribution is -2.25. The van der Waals surface area contributed by atoms with Gasteiger partial charge in [0.25, 0.3) is 5.91 Å². The first-order valence-corrected chi connectivity index (χ1v) is 8.75. The van der Waals surface area contributed by atoms with E-state index in [0.717, 1.165) is 18.7 Å². The molecule has 2 N–H and O–H groups in total. The van der Waals surface area contributed by atoms with Crippen molar-refractivity contribution in [2.75, 3.05) is 18.9 Å². The Morgan fingerprint density at radius 3 is 2.68 bits per heavy atom. The van der Waals surface area contributed by atoms with E-state index < -0.39 is 0 Å². The van der Waals surface area contributed by atoms with Crippen LogP contribution in [0.25, 0.3) is 0 Å². The lowest BCUT2D eigenvalue weighted by atomic mass is 10.1. The minimum atomic E-state index is -0.118.